The van der Waals surface area contributed by atoms with Crippen LogP contribution >= 0.6 is 0 Å². The number of hydrogen-bond donors (Lipinski definition) is 0. The summed E-state index contributed by atoms with van der Waals surface area (Å²) in [5.41, 5.74) is 0.0850. The Morgan fingerprint density at radius 1 is 1.52 bits per heavy atom. The molecule has 7 heteroatoms. The van der Waals surface area contributed by atoms with Crippen LogP contribution in [0.1, 0.15) is 25.7 Å². The molecule has 0 aliphatic carbocycles. The molecule has 0 aromatic heterocycles. The number of nitrogens with zero attached hydrogens (tertiary/aromatic N) is 2. The minimum Gasteiger partial charge on any atom is -0.469 e. The number of piperidine rings is 1. The topological polar surface area (TPSA) is 72.7 Å². The maximum absolute atomic E-state index is 13.5. The van der Waals surface area contributed by atoms with Crippen LogP contribution < -0.4 is 4.90 Å². The van der Waals surface area contributed by atoms with Crippen LogP contribution in [0.15, 0.2) is 18.2 Å². The van der Waals surface area contributed by atoms with Crippen molar-refractivity contribution in [1.82, 2.24) is 0 Å². The van der Waals surface area contributed by atoms with Crippen molar-refractivity contribution in [1.29, 1.82) is 0 Å². The number of methoxy groups -OCH3 is 1. The van der Waals surface area contributed by atoms with Gasteiger partial charge in [0.15, 0.2) is 0 Å². The van der Waals surface area contributed by atoms with Gasteiger partial charge in [-0.2, -0.15) is 0 Å². The van der Waals surface area contributed by atoms with E-state index < -0.39 is 10.7 Å². The van der Waals surface area contributed by atoms with Crippen LogP contribution in [0, 0.1) is 15.9 Å². The van der Waals surface area contributed by atoms with Crippen molar-refractivity contribution in [2.45, 2.75) is 31.7 Å². The van der Waals surface area contributed by atoms with Gasteiger partial charge in [0.2, 0.25) is 0 Å². The average Bonchev–Trinajstić information content (AvgIpc) is 2.47. The van der Waals surface area contributed by atoms with E-state index in [-0.39, 0.29) is 29.8 Å². The zero-order valence-electron chi connectivity index (χ0n) is 11.8. The third-order valence-corrected chi connectivity index (χ3v) is 3.70. The first kappa shape index (κ1) is 15.2. The lowest BCUT2D eigenvalue weighted by Gasteiger charge is -2.36. The Morgan fingerprint density at radius 2 is 2.29 bits per heavy atom. The molecule has 6 nitrogen and oxygen atoms in total. The number of nitro groups is 1. The van der Waals surface area contributed by atoms with Gasteiger partial charge in [-0.1, -0.05) is 0 Å². The highest BCUT2D eigenvalue weighted by Gasteiger charge is 2.30. The fourth-order valence-corrected chi connectivity index (χ4v) is 2.69. The minimum absolute atomic E-state index is 0.143. The number of carbonyl (C=O) groups is 1. The third-order valence-electron chi connectivity index (χ3n) is 3.70. The summed E-state index contributed by atoms with van der Waals surface area (Å²) in [7, 11) is 1.31. The van der Waals surface area contributed by atoms with Gasteiger partial charge in [0, 0.05) is 24.7 Å². The van der Waals surface area contributed by atoms with Crippen molar-refractivity contribution < 1.29 is 18.8 Å². The Hall–Kier alpha value is -2.18. The molecule has 0 bridgehead atoms. The molecule has 2 rings (SSSR count). The lowest BCUT2D eigenvalue weighted by Crippen LogP contribution is -2.41. The molecule has 1 aromatic rings. The smallest absolute Gasteiger partial charge is 0.307 e. The van der Waals surface area contributed by atoms with E-state index >= 15 is 0 Å². The second-order valence-corrected chi connectivity index (χ2v) is 5.01. The van der Waals surface area contributed by atoms with Crippen molar-refractivity contribution in [3.05, 3.63) is 34.1 Å². The van der Waals surface area contributed by atoms with E-state index in [4.69, 9.17) is 0 Å². The summed E-state index contributed by atoms with van der Waals surface area (Å²) in [6.45, 7) is 0.561. The van der Waals surface area contributed by atoms with Crippen LogP contribution in [0.4, 0.5) is 15.8 Å². The van der Waals surface area contributed by atoms with E-state index in [1.165, 1.54) is 7.11 Å². The van der Waals surface area contributed by atoms with Crippen LogP contribution in [0.2, 0.25) is 0 Å². The van der Waals surface area contributed by atoms with Gasteiger partial charge in [-0.25, -0.2) is 4.39 Å². The molecule has 0 radical (unpaired) electrons. The molecule has 21 heavy (non-hydrogen) atoms. The highest BCUT2D eigenvalue weighted by molar-refractivity contribution is 5.72. The highest BCUT2D eigenvalue weighted by Crippen LogP contribution is 2.34. The predicted octanol–water partition coefficient (Wildman–Crippen LogP) is 2.66. The number of carbonyl (C=O) groups excluding carboxylic acids is 1. The number of anilines is 1. The first-order valence-corrected chi connectivity index (χ1v) is 6.80. The van der Waals surface area contributed by atoms with Gasteiger partial charge in [-0.15, -0.1) is 0 Å². The Labute approximate surface area is 121 Å². The predicted molar refractivity (Wildman–Crippen MR) is 74.7 cm³/mol. The molecular weight excluding hydrogens is 279 g/mol. The van der Waals surface area contributed by atoms with Crippen molar-refractivity contribution in [3.63, 3.8) is 0 Å². The molecule has 1 aliphatic rings. The summed E-state index contributed by atoms with van der Waals surface area (Å²) >= 11 is 0. The van der Waals surface area contributed by atoms with Crippen molar-refractivity contribution >= 4 is 17.3 Å². The van der Waals surface area contributed by atoms with Gasteiger partial charge >= 0.3 is 5.97 Å². The van der Waals surface area contributed by atoms with E-state index in [0.717, 1.165) is 37.5 Å². The van der Waals surface area contributed by atoms with E-state index in [1.54, 1.807) is 4.90 Å². The van der Waals surface area contributed by atoms with Crippen molar-refractivity contribution in [2.75, 3.05) is 18.6 Å². The van der Waals surface area contributed by atoms with Gasteiger partial charge in [-0.05, 0) is 25.3 Å². The van der Waals surface area contributed by atoms with Gasteiger partial charge in [0.1, 0.15) is 11.5 Å². The zero-order valence-corrected chi connectivity index (χ0v) is 11.8. The lowest BCUT2D eigenvalue weighted by molar-refractivity contribution is -0.384. The summed E-state index contributed by atoms with van der Waals surface area (Å²) in [6, 6.07) is 3.19. The number of ether oxygens (including phenoxy) is 1. The van der Waals surface area contributed by atoms with Gasteiger partial charge < -0.3 is 9.64 Å². The standard InChI is InChI=1S/C14H17FN2O4/c1-21-14(18)9-11-4-2-3-7-16(11)13-8-10(15)5-6-12(13)17(19)20/h5-6,8,11H,2-4,7,9H2,1H3. The molecule has 1 saturated heterocycles. The van der Waals surface area contributed by atoms with Crippen LogP contribution in [0.5, 0.6) is 0 Å². The van der Waals surface area contributed by atoms with E-state index in [2.05, 4.69) is 4.74 Å². The van der Waals surface area contributed by atoms with Gasteiger partial charge in [0.25, 0.3) is 5.69 Å². The molecule has 1 aliphatic heterocycles. The largest absolute Gasteiger partial charge is 0.469 e. The molecular formula is C14H17FN2O4. The fraction of sp³-hybridized carbons (Fsp3) is 0.500. The van der Waals surface area contributed by atoms with Crippen LogP contribution in [-0.2, 0) is 9.53 Å². The second kappa shape index (κ2) is 6.51. The molecule has 0 amide bonds. The molecule has 1 heterocycles. The Morgan fingerprint density at radius 3 is 2.95 bits per heavy atom. The zero-order chi connectivity index (χ0) is 15.4. The van der Waals surface area contributed by atoms with E-state index in [9.17, 15) is 19.3 Å². The van der Waals surface area contributed by atoms with Crippen molar-refractivity contribution in [2.24, 2.45) is 0 Å². The Bertz CT molecular complexity index is 550. The molecule has 0 spiro atoms. The molecule has 0 N–H and O–H groups in total. The first-order valence-electron chi connectivity index (χ1n) is 6.80. The Balaban J connectivity index is 2.34. The summed E-state index contributed by atoms with van der Waals surface area (Å²) < 4.78 is 18.1. The number of hydrogen-bond acceptors (Lipinski definition) is 5. The van der Waals surface area contributed by atoms with Crippen LogP contribution in [-0.4, -0.2) is 30.6 Å². The summed E-state index contributed by atoms with van der Waals surface area (Å²) in [4.78, 5) is 23.8. The van der Waals surface area contributed by atoms with E-state index in [0.29, 0.717) is 6.54 Å². The summed E-state index contributed by atoms with van der Waals surface area (Å²) in [5, 5.41) is 11.1. The normalized spacial score (nSPS) is 18.4. The Kier molecular flexibility index (Phi) is 4.72. The van der Waals surface area contributed by atoms with Crippen LogP contribution in [0.25, 0.3) is 0 Å². The lowest BCUT2D eigenvalue weighted by atomic mass is 9.98. The molecule has 1 fully saturated rings. The molecule has 0 saturated carbocycles. The van der Waals surface area contributed by atoms with Gasteiger partial charge in [-0.3, -0.25) is 14.9 Å². The summed E-state index contributed by atoms with van der Waals surface area (Å²) in [6.07, 6.45) is 2.65. The second-order valence-electron chi connectivity index (χ2n) is 5.01. The van der Waals surface area contributed by atoms with Crippen molar-refractivity contribution in [3.8, 4) is 0 Å². The first-order chi connectivity index (χ1) is 10.0. The SMILES string of the molecule is COC(=O)CC1CCCCN1c1cc(F)ccc1[N+](=O)[O-]. The molecule has 1 aromatic carbocycles. The van der Waals surface area contributed by atoms with Gasteiger partial charge in [0.05, 0.1) is 18.5 Å². The molecule has 1 unspecified atom stereocenters. The average molecular weight is 296 g/mol. The maximum Gasteiger partial charge on any atom is 0.307 e. The molecule has 1 atom stereocenters. The maximum atomic E-state index is 13.5. The quantitative estimate of drug-likeness (QED) is 0.485. The highest BCUT2D eigenvalue weighted by atomic mass is 19.1. The minimum atomic E-state index is -0.530. The monoisotopic (exact) mass is 296 g/mol. The summed E-state index contributed by atoms with van der Waals surface area (Å²) in [5.74, 6) is -0.899. The van der Waals surface area contributed by atoms with E-state index in [1.807, 2.05) is 0 Å². The number of esters is 1. The molecule has 114 valence electrons. The number of halogens is 1. The fourth-order valence-electron chi connectivity index (χ4n) is 2.69. The van der Waals surface area contributed by atoms with Crippen LogP contribution in [0.3, 0.4) is 0 Å². The number of rotatable bonds is 4. The number of benzene rings is 1. The number of nitro benzene ring substituents is 1. The third kappa shape index (κ3) is 3.48.